The fraction of sp³-hybridized carbons (Fsp3) is 0.400. The molecule has 1 aromatic carbocycles. The molecule has 1 aliphatic carbocycles. The number of anilines is 2. The zero-order valence-electron chi connectivity index (χ0n) is 15.4. The summed E-state index contributed by atoms with van der Waals surface area (Å²) in [6.45, 7) is 0. The molecule has 142 valence electrons. The minimum absolute atomic E-state index is 0.175. The molecule has 0 saturated heterocycles. The number of hydrogen-bond donors (Lipinski definition) is 2. The number of aromatic nitrogens is 1. The monoisotopic (exact) mass is 369 g/mol. The molecule has 0 atom stereocenters. The minimum atomic E-state index is -0.199. The number of carbonyl (C=O) groups is 1. The lowest BCUT2D eigenvalue weighted by atomic mass is 9.93. The summed E-state index contributed by atoms with van der Waals surface area (Å²) in [5, 5.41) is 13.1. The minimum Gasteiger partial charge on any atom is -0.493 e. The van der Waals surface area contributed by atoms with Crippen molar-refractivity contribution < 1.29 is 19.4 Å². The van der Waals surface area contributed by atoms with Gasteiger partial charge in [0.15, 0.2) is 17.2 Å². The van der Waals surface area contributed by atoms with Crippen LogP contribution in [0.2, 0.25) is 0 Å². The van der Waals surface area contributed by atoms with E-state index in [2.05, 4.69) is 10.3 Å². The van der Waals surface area contributed by atoms with Crippen molar-refractivity contribution in [3.63, 3.8) is 0 Å². The second-order valence-electron chi connectivity index (χ2n) is 6.99. The van der Waals surface area contributed by atoms with Gasteiger partial charge < -0.3 is 24.8 Å². The Morgan fingerprint density at radius 3 is 2.81 bits per heavy atom. The number of aliphatic hydroxyl groups is 1. The van der Waals surface area contributed by atoms with E-state index in [9.17, 15) is 9.90 Å². The molecule has 1 saturated carbocycles. The zero-order chi connectivity index (χ0) is 19.0. The first kappa shape index (κ1) is 17.6. The van der Waals surface area contributed by atoms with Crippen LogP contribution >= 0.6 is 0 Å². The molecule has 2 N–H and O–H groups in total. The molecule has 27 heavy (non-hydrogen) atoms. The molecule has 4 rings (SSSR count). The fourth-order valence-electron chi connectivity index (χ4n) is 3.62. The molecule has 7 nitrogen and oxygen atoms in total. The van der Waals surface area contributed by atoms with Crippen molar-refractivity contribution in [2.45, 2.75) is 37.8 Å². The number of rotatable bonds is 3. The van der Waals surface area contributed by atoms with E-state index < -0.39 is 0 Å². The molecule has 2 aromatic rings. The standard InChI is InChI=1S/C20H23N3O4/c1-23-15-11-21-18(22-12-6-8-13(24)9-7-12)10-17(15)27-19-14(20(23)25)4-3-5-16(19)26-2/h3-5,10-13,24H,6-9H2,1-2H3,(H,21,22)/t12-,13-. The molecule has 1 fully saturated rings. The first-order chi connectivity index (χ1) is 13.1. The highest BCUT2D eigenvalue weighted by molar-refractivity contribution is 6.09. The SMILES string of the molecule is COc1cccc2c1Oc1cc(N[C@H]3CC[C@H](O)CC3)ncc1N(C)C2=O. The predicted molar refractivity (Wildman–Crippen MR) is 102 cm³/mol. The van der Waals surface area contributed by atoms with E-state index in [1.165, 1.54) is 4.90 Å². The third kappa shape index (κ3) is 3.30. The quantitative estimate of drug-likeness (QED) is 0.864. The summed E-state index contributed by atoms with van der Waals surface area (Å²) in [4.78, 5) is 18.8. The summed E-state index contributed by atoms with van der Waals surface area (Å²) in [5.41, 5.74) is 1.05. The molecule has 0 bridgehead atoms. The van der Waals surface area contributed by atoms with E-state index in [0.29, 0.717) is 34.3 Å². The van der Waals surface area contributed by atoms with Crippen LogP contribution in [0, 0.1) is 0 Å². The summed E-state index contributed by atoms with van der Waals surface area (Å²) >= 11 is 0. The number of para-hydroxylation sites is 1. The number of methoxy groups -OCH3 is 1. The van der Waals surface area contributed by atoms with Crippen molar-refractivity contribution in [2.24, 2.45) is 0 Å². The first-order valence-electron chi connectivity index (χ1n) is 9.14. The number of nitrogens with zero attached hydrogens (tertiary/aromatic N) is 2. The number of nitrogens with one attached hydrogen (secondary N) is 1. The predicted octanol–water partition coefficient (Wildman–Crippen LogP) is 3.19. The fourth-order valence-corrected chi connectivity index (χ4v) is 3.62. The van der Waals surface area contributed by atoms with Gasteiger partial charge in [0, 0.05) is 19.2 Å². The molecule has 0 radical (unpaired) electrons. The van der Waals surface area contributed by atoms with Crippen LogP contribution in [0.15, 0.2) is 30.5 Å². The van der Waals surface area contributed by atoms with Gasteiger partial charge >= 0.3 is 0 Å². The van der Waals surface area contributed by atoms with E-state index in [4.69, 9.17) is 9.47 Å². The Bertz CT molecular complexity index is 862. The second-order valence-corrected chi connectivity index (χ2v) is 6.99. The average molecular weight is 369 g/mol. The number of amides is 1. The van der Waals surface area contributed by atoms with Crippen molar-refractivity contribution in [3.8, 4) is 17.2 Å². The molecule has 0 spiro atoms. The maximum atomic E-state index is 12.8. The van der Waals surface area contributed by atoms with E-state index in [0.717, 1.165) is 25.7 Å². The number of aliphatic hydroxyl groups excluding tert-OH is 1. The third-order valence-electron chi connectivity index (χ3n) is 5.20. The van der Waals surface area contributed by atoms with Crippen LogP contribution in [0.4, 0.5) is 11.5 Å². The molecular weight excluding hydrogens is 346 g/mol. The molecule has 0 unspecified atom stereocenters. The van der Waals surface area contributed by atoms with Gasteiger partial charge in [-0.1, -0.05) is 6.07 Å². The number of ether oxygens (including phenoxy) is 2. The Morgan fingerprint density at radius 1 is 1.30 bits per heavy atom. The summed E-state index contributed by atoms with van der Waals surface area (Å²) in [5.74, 6) is 1.98. The number of benzene rings is 1. The van der Waals surface area contributed by atoms with Gasteiger partial charge in [-0.05, 0) is 37.8 Å². The normalized spacial score (nSPS) is 21.6. The summed E-state index contributed by atoms with van der Waals surface area (Å²) in [6, 6.07) is 7.34. The second kappa shape index (κ2) is 7.08. The highest BCUT2D eigenvalue weighted by atomic mass is 16.5. The van der Waals surface area contributed by atoms with Crippen molar-refractivity contribution in [2.75, 3.05) is 24.4 Å². The van der Waals surface area contributed by atoms with Crippen LogP contribution in [0.5, 0.6) is 17.2 Å². The molecular formula is C20H23N3O4. The van der Waals surface area contributed by atoms with Crippen LogP contribution in [0.3, 0.4) is 0 Å². The van der Waals surface area contributed by atoms with Crippen LogP contribution in [0.1, 0.15) is 36.0 Å². The van der Waals surface area contributed by atoms with Crippen LogP contribution < -0.4 is 19.7 Å². The largest absolute Gasteiger partial charge is 0.493 e. The van der Waals surface area contributed by atoms with Gasteiger partial charge in [-0.15, -0.1) is 0 Å². The highest BCUT2D eigenvalue weighted by Crippen LogP contribution is 2.43. The molecule has 1 aliphatic heterocycles. The molecule has 7 heteroatoms. The van der Waals surface area contributed by atoms with Crippen molar-refractivity contribution >= 4 is 17.4 Å². The number of pyridine rings is 1. The Morgan fingerprint density at radius 2 is 2.07 bits per heavy atom. The number of fused-ring (bicyclic) bond motifs is 2. The number of carbonyl (C=O) groups excluding carboxylic acids is 1. The van der Waals surface area contributed by atoms with Gasteiger partial charge in [-0.2, -0.15) is 0 Å². The molecule has 2 heterocycles. The maximum Gasteiger partial charge on any atom is 0.262 e. The van der Waals surface area contributed by atoms with Gasteiger partial charge in [0.1, 0.15) is 11.5 Å². The lowest BCUT2D eigenvalue weighted by molar-refractivity contribution is 0.0992. The average Bonchev–Trinajstić information content (AvgIpc) is 2.78. The Hall–Kier alpha value is -2.80. The Kier molecular flexibility index (Phi) is 4.61. The van der Waals surface area contributed by atoms with Crippen LogP contribution in [-0.2, 0) is 0 Å². The van der Waals surface area contributed by atoms with Gasteiger partial charge in [0.2, 0.25) is 0 Å². The van der Waals surface area contributed by atoms with Crippen molar-refractivity contribution in [3.05, 3.63) is 36.0 Å². The molecule has 1 amide bonds. The van der Waals surface area contributed by atoms with Crippen molar-refractivity contribution in [1.82, 2.24) is 4.98 Å². The number of hydrogen-bond acceptors (Lipinski definition) is 6. The van der Waals surface area contributed by atoms with Gasteiger partial charge in [0.25, 0.3) is 5.91 Å². The van der Waals surface area contributed by atoms with E-state index >= 15 is 0 Å². The Labute approximate surface area is 157 Å². The van der Waals surface area contributed by atoms with Crippen LogP contribution in [-0.4, -0.2) is 42.3 Å². The van der Waals surface area contributed by atoms with E-state index in [1.54, 1.807) is 38.6 Å². The van der Waals surface area contributed by atoms with Gasteiger partial charge in [-0.3, -0.25) is 4.79 Å². The topological polar surface area (TPSA) is 83.9 Å². The Balaban J connectivity index is 1.66. The zero-order valence-corrected chi connectivity index (χ0v) is 15.4. The lowest BCUT2D eigenvalue weighted by Crippen LogP contribution is -2.28. The van der Waals surface area contributed by atoms with E-state index in [1.807, 2.05) is 6.07 Å². The van der Waals surface area contributed by atoms with Gasteiger partial charge in [-0.25, -0.2) is 4.98 Å². The highest BCUT2D eigenvalue weighted by Gasteiger charge is 2.29. The molecule has 1 aromatic heterocycles. The summed E-state index contributed by atoms with van der Waals surface area (Å²) in [6.07, 6.45) is 4.83. The van der Waals surface area contributed by atoms with E-state index in [-0.39, 0.29) is 18.1 Å². The summed E-state index contributed by atoms with van der Waals surface area (Å²) < 4.78 is 11.5. The smallest absolute Gasteiger partial charge is 0.262 e. The first-order valence-corrected chi connectivity index (χ1v) is 9.14. The molecule has 2 aliphatic rings. The lowest BCUT2D eigenvalue weighted by Gasteiger charge is -2.27. The third-order valence-corrected chi connectivity index (χ3v) is 5.20. The maximum absolute atomic E-state index is 12.8. The van der Waals surface area contributed by atoms with Crippen molar-refractivity contribution in [1.29, 1.82) is 0 Å². The van der Waals surface area contributed by atoms with Gasteiger partial charge in [0.05, 0.1) is 25.0 Å². The summed E-state index contributed by atoms with van der Waals surface area (Å²) in [7, 11) is 3.26. The van der Waals surface area contributed by atoms with Crippen LogP contribution in [0.25, 0.3) is 0 Å².